The maximum absolute atomic E-state index is 10.7. The molecule has 0 bridgehead atoms. The molecule has 0 radical (unpaired) electrons. The lowest BCUT2D eigenvalue weighted by molar-refractivity contribution is -0.106. The number of primary amides is 2. The molecule has 2 amide bonds. The third-order valence-corrected chi connectivity index (χ3v) is 0.455. The monoisotopic (exact) mass is 178 g/mol. The Morgan fingerprint density at radius 3 is 1.50 bits per heavy atom. The van der Waals surface area contributed by atoms with Crippen molar-refractivity contribution in [1.82, 2.24) is 0 Å². The van der Waals surface area contributed by atoms with E-state index in [4.69, 9.17) is 4.79 Å². The van der Waals surface area contributed by atoms with Crippen LogP contribution in [0.1, 0.15) is 0 Å². The van der Waals surface area contributed by atoms with Crippen molar-refractivity contribution >= 4 is 17.6 Å². The van der Waals surface area contributed by atoms with Gasteiger partial charge in [0.2, 0.25) is 0 Å². The Morgan fingerprint density at radius 1 is 1.40 bits per heavy atom. The van der Waals surface area contributed by atoms with Crippen molar-refractivity contribution < 1.29 is 18.0 Å². The molecule has 0 saturated heterocycles. The summed E-state index contributed by atoms with van der Waals surface area (Å²) in [6.07, 6.45) is -4.19. The number of hydrogen-bond acceptors (Lipinski definition) is 1. The third kappa shape index (κ3) is 53.7. The first-order valence-corrected chi connectivity index (χ1v) is 2.50. The van der Waals surface area contributed by atoms with Gasteiger partial charge in [-0.25, -0.2) is 4.79 Å². The SMILES string of the molecule is FC(F)(F)CCl.NC(N)=O. The summed E-state index contributed by atoms with van der Waals surface area (Å²) in [5, 5.41) is 0. The zero-order valence-electron chi connectivity index (χ0n) is 4.78. The summed E-state index contributed by atoms with van der Waals surface area (Å²) in [4.78, 5) is 9.00. The first kappa shape index (κ1) is 12.1. The Balaban J connectivity index is 0. The van der Waals surface area contributed by atoms with Gasteiger partial charge in [-0.2, -0.15) is 13.2 Å². The Labute approximate surface area is 60.1 Å². The topological polar surface area (TPSA) is 69.1 Å². The van der Waals surface area contributed by atoms with Crippen LogP contribution in [-0.2, 0) is 0 Å². The van der Waals surface area contributed by atoms with Crippen LogP contribution in [-0.4, -0.2) is 18.1 Å². The van der Waals surface area contributed by atoms with E-state index in [2.05, 4.69) is 23.1 Å². The standard InChI is InChI=1S/C2H2ClF3.CH4N2O/c3-1-2(4,5)6;2-1(3)4/h1H2;(H4,2,3,4). The van der Waals surface area contributed by atoms with Crippen LogP contribution < -0.4 is 11.5 Å². The normalized spacial score (nSPS) is 9.60. The smallest absolute Gasteiger partial charge is 0.352 e. The fourth-order valence-electron chi connectivity index (χ4n) is 0. The van der Waals surface area contributed by atoms with E-state index < -0.39 is 18.1 Å². The number of nitrogens with two attached hydrogens (primary N) is 2. The highest BCUT2D eigenvalue weighted by Gasteiger charge is 2.24. The molecule has 0 aliphatic rings. The Bertz CT molecular complexity index is 100. The van der Waals surface area contributed by atoms with Gasteiger partial charge in [-0.15, -0.1) is 11.6 Å². The van der Waals surface area contributed by atoms with Gasteiger partial charge in [0.25, 0.3) is 0 Å². The zero-order valence-corrected chi connectivity index (χ0v) is 5.54. The van der Waals surface area contributed by atoms with E-state index in [-0.39, 0.29) is 0 Å². The summed E-state index contributed by atoms with van der Waals surface area (Å²) in [5.41, 5.74) is 8.50. The molecule has 7 heteroatoms. The maximum Gasteiger partial charge on any atom is 0.402 e. The van der Waals surface area contributed by atoms with Crippen LogP contribution >= 0.6 is 11.6 Å². The molecule has 10 heavy (non-hydrogen) atoms. The highest BCUT2D eigenvalue weighted by Crippen LogP contribution is 2.14. The van der Waals surface area contributed by atoms with Gasteiger partial charge in [0.1, 0.15) is 5.88 Å². The molecule has 4 N–H and O–H groups in total. The minimum Gasteiger partial charge on any atom is -0.352 e. The lowest BCUT2D eigenvalue weighted by atomic mass is 10.8. The third-order valence-electron chi connectivity index (χ3n) is 0.152. The van der Waals surface area contributed by atoms with E-state index in [1.54, 1.807) is 0 Å². The summed E-state index contributed by atoms with van der Waals surface area (Å²) in [5.74, 6) is -1.26. The molecule has 0 saturated carbocycles. The lowest BCUT2D eigenvalue weighted by Gasteiger charge is -1.94. The maximum atomic E-state index is 10.7. The predicted octanol–water partition coefficient (Wildman–Crippen LogP) is 0.811. The summed E-state index contributed by atoms with van der Waals surface area (Å²) in [6, 6.07) is -0.833. The van der Waals surface area contributed by atoms with Gasteiger partial charge in [-0.05, 0) is 0 Å². The molecule has 0 aromatic carbocycles. The van der Waals surface area contributed by atoms with Gasteiger partial charge in [0.05, 0.1) is 0 Å². The molecule has 0 fully saturated rings. The largest absolute Gasteiger partial charge is 0.402 e. The predicted molar refractivity (Wildman–Crippen MR) is 30.5 cm³/mol. The minimum atomic E-state index is -4.19. The van der Waals surface area contributed by atoms with E-state index >= 15 is 0 Å². The van der Waals surface area contributed by atoms with Crippen LogP contribution in [0.25, 0.3) is 0 Å². The number of halogens is 4. The van der Waals surface area contributed by atoms with Crippen LogP contribution in [0.5, 0.6) is 0 Å². The first-order chi connectivity index (χ1) is 4.29. The number of hydrogen-bond donors (Lipinski definition) is 2. The molecule has 62 valence electrons. The summed E-state index contributed by atoms with van der Waals surface area (Å²) >= 11 is 4.35. The highest BCUT2D eigenvalue weighted by molar-refractivity contribution is 6.18. The van der Waals surface area contributed by atoms with Gasteiger partial charge >= 0.3 is 12.2 Å². The fourth-order valence-corrected chi connectivity index (χ4v) is 0. The summed E-state index contributed by atoms with van der Waals surface area (Å²) in [7, 11) is 0. The first-order valence-electron chi connectivity index (χ1n) is 1.97. The molecule has 0 unspecified atom stereocenters. The van der Waals surface area contributed by atoms with Gasteiger partial charge in [0.15, 0.2) is 0 Å². The molecule has 0 heterocycles. The van der Waals surface area contributed by atoms with Crippen LogP contribution in [0, 0.1) is 0 Å². The van der Waals surface area contributed by atoms with Crippen molar-refractivity contribution in [2.75, 3.05) is 5.88 Å². The van der Waals surface area contributed by atoms with Crippen molar-refractivity contribution in [3.8, 4) is 0 Å². The summed E-state index contributed by atoms with van der Waals surface area (Å²) < 4.78 is 32.0. The molecule has 0 spiro atoms. The second-order valence-corrected chi connectivity index (χ2v) is 1.42. The average molecular weight is 179 g/mol. The van der Waals surface area contributed by atoms with Crippen molar-refractivity contribution in [3.63, 3.8) is 0 Å². The molecule has 0 aliphatic heterocycles. The van der Waals surface area contributed by atoms with E-state index in [0.717, 1.165) is 0 Å². The van der Waals surface area contributed by atoms with Crippen LogP contribution in [0.3, 0.4) is 0 Å². The van der Waals surface area contributed by atoms with Crippen molar-refractivity contribution in [1.29, 1.82) is 0 Å². The number of alkyl halides is 4. The summed E-state index contributed by atoms with van der Waals surface area (Å²) in [6.45, 7) is 0. The van der Waals surface area contributed by atoms with E-state index in [9.17, 15) is 13.2 Å². The molecule has 0 aromatic heterocycles. The number of carbonyl (C=O) groups excluding carboxylic acids is 1. The molecule has 0 rings (SSSR count). The lowest BCUT2D eigenvalue weighted by Crippen LogP contribution is -2.18. The number of carbonyl (C=O) groups is 1. The fraction of sp³-hybridized carbons (Fsp3) is 0.667. The number of rotatable bonds is 0. The van der Waals surface area contributed by atoms with E-state index in [1.807, 2.05) is 0 Å². The second kappa shape index (κ2) is 5.16. The van der Waals surface area contributed by atoms with Gasteiger partial charge in [-0.1, -0.05) is 0 Å². The van der Waals surface area contributed by atoms with Gasteiger partial charge < -0.3 is 11.5 Å². The molecule has 0 atom stereocenters. The quantitative estimate of drug-likeness (QED) is 0.530. The van der Waals surface area contributed by atoms with Crippen LogP contribution in [0.2, 0.25) is 0 Å². The molecular formula is C3H6ClF3N2O. The molecule has 0 aliphatic carbocycles. The zero-order chi connectivity index (χ0) is 8.78. The van der Waals surface area contributed by atoms with Gasteiger partial charge in [0, 0.05) is 0 Å². The highest BCUT2D eigenvalue weighted by atomic mass is 35.5. The van der Waals surface area contributed by atoms with Crippen molar-refractivity contribution in [3.05, 3.63) is 0 Å². The molecular weight excluding hydrogens is 172 g/mol. The molecule has 3 nitrogen and oxygen atoms in total. The average Bonchev–Trinajstić information content (AvgIpc) is 1.63. The van der Waals surface area contributed by atoms with Crippen LogP contribution in [0.4, 0.5) is 18.0 Å². The minimum absolute atomic E-state index is 0.833. The second-order valence-electron chi connectivity index (χ2n) is 1.15. The van der Waals surface area contributed by atoms with Crippen molar-refractivity contribution in [2.45, 2.75) is 6.18 Å². The number of urea groups is 1. The Hall–Kier alpha value is -0.650. The van der Waals surface area contributed by atoms with E-state index in [1.165, 1.54) is 0 Å². The molecule has 0 aromatic rings. The van der Waals surface area contributed by atoms with Crippen LogP contribution in [0.15, 0.2) is 0 Å². The van der Waals surface area contributed by atoms with Crippen molar-refractivity contribution in [2.24, 2.45) is 11.5 Å². The van der Waals surface area contributed by atoms with Gasteiger partial charge in [-0.3, -0.25) is 0 Å². The number of amides is 2. The Kier molecular flexibility index (Phi) is 6.23. The Morgan fingerprint density at radius 2 is 1.50 bits per heavy atom. The van der Waals surface area contributed by atoms with E-state index in [0.29, 0.717) is 0 Å².